The van der Waals surface area contributed by atoms with Gasteiger partial charge in [-0.25, -0.2) is 13.4 Å². The highest BCUT2D eigenvalue weighted by molar-refractivity contribution is 7.91. The molecule has 0 saturated heterocycles. The van der Waals surface area contributed by atoms with E-state index in [-0.39, 0.29) is 24.5 Å². The Bertz CT molecular complexity index is 975. The van der Waals surface area contributed by atoms with Gasteiger partial charge in [-0.05, 0) is 36.9 Å². The topological polar surface area (TPSA) is 76.1 Å². The van der Waals surface area contributed by atoms with Crippen molar-refractivity contribution in [3.8, 4) is 10.6 Å². The molecule has 0 aliphatic heterocycles. The molecular weight excluding hydrogens is 388 g/mol. The van der Waals surface area contributed by atoms with Gasteiger partial charge in [0.25, 0.3) is 0 Å². The number of rotatable bonds is 7. The number of carbonyl (C=O) groups is 1. The van der Waals surface area contributed by atoms with Crippen LogP contribution in [0.1, 0.15) is 18.4 Å². The molecule has 2 aromatic heterocycles. The number of aromatic nitrogens is 1. The summed E-state index contributed by atoms with van der Waals surface area (Å²) in [7, 11) is -3.36. The molecule has 136 valence electrons. The zero-order valence-corrected chi connectivity index (χ0v) is 16.6. The van der Waals surface area contributed by atoms with Gasteiger partial charge in [-0.2, -0.15) is 0 Å². The molecule has 0 atom stereocenters. The Kier molecular flexibility index (Phi) is 5.85. The number of thiophene rings is 1. The van der Waals surface area contributed by atoms with Gasteiger partial charge in [0.1, 0.15) is 0 Å². The van der Waals surface area contributed by atoms with Gasteiger partial charge in [-0.1, -0.05) is 23.8 Å². The third-order valence-electron chi connectivity index (χ3n) is 3.72. The summed E-state index contributed by atoms with van der Waals surface area (Å²) < 4.78 is 24.6. The molecule has 1 N–H and O–H groups in total. The number of amides is 1. The Morgan fingerprint density at radius 3 is 2.62 bits per heavy atom. The molecule has 0 spiro atoms. The average molecular weight is 407 g/mol. The highest BCUT2D eigenvalue weighted by atomic mass is 32.2. The second-order valence-electron chi connectivity index (χ2n) is 5.80. The van der Waals surface area contributed by atoms with Crippen molar-refractivity contribution in [1.82, 2.24) is 4.98 Å². The van der Waals surface area contributed by atoms with Crippen LogP contribution < -0.4 is 5.32 Å². The summed E-state index contributed by atoms with van der Waals surface area (Å²) in [5.41, 5.74) is 1.84. The number of aryl methyl sites for hydroxylation is 1. The van der Waals surface area contributed by atoms with Crippen molar-refractivity contribution in [2.75, 3.05) is 11.1 Å². The largest absolute Gasteiger partial charge is 0.302 e. The van der Waals surface area contributed by atoms with Crippen LogP contribution in [0.15, 0.2) is 52.1 Å². The van der Waals surface area contributed by atoms with Crippen LogP contribution in [0.2, 0.25) is 0 Å². The van der Waals surface area contributed by atoms with Crippen molar-refractivity contribution in [2.45, 2.75) is 24.7 Å². The fraction of sp³-hybridized carbons (Fsp3) is 0.222. The van der Waals surface area contributed by atoms with E-state index in [2.05, 4.69) is 10.3 Å². The number of sulfone groups is 1. The molecule has 2 heterocycles. The summed E-state index contributed by atoms with van der Waals surface area (Å²) in [5, 5.41) is 7.13. The Balaban J connectivity index is 1.50. The van der Waals surface area contributed by atoms with Crippen molar-refractivity contribution in [3.63, 3.8) is 0 Å². The van der Waals surface area contributed by atoms with Gasteiger partial charge in [-0.15, -0.1) is 22.7 Å². The molecule has 3 rings (SSSR count). The number of benzene rings is 1. The molecule has 0 fully saturated rings. The number of nitrogens with one attached hydrogen (secondary N) is 1. The quantitative estimate of drug-likeness (QED) is 0.632. The summed E-state index contributed by atoms with van der Waals surface area (Å²) in [4.78, 5) is 17.8. The minimum atomic E-state index is -3.36. The third kappa shape index (κ3) is 4.78. The van der Waals surface area contributed by atoms with Gasteiger partial charge in [0, 0.05) is 11.8 Å². The normalized spacial score (nSPS) is 11.4. The Labute approximate surface area is 160 Å². The minimum Gasteiger partial charge on any atom is -0.302 e. The molecular formula is C18H18N2O3S3. The first-order valence-electron chi connectivity index (χ1n) is 8.03. The lowest BCUT2D eigenvalue weighted by molar-refractivity contribution is -0.116. The fourth-order valence-corrected chi connectivity index (χ4v) is 5.13. The molecule has 1 aromatic carbocycles. The first-order valence-corrected chi connectivity index (χ1v) is 11.4. The van der Waals surface area contributed by atoms with E-state index in [1.165, 1.54) is 11.3 Å². The minimum absolute atomic E-state index is 0.0538. The van der Waals surface area contributed by atoms with Crippen LogP contribution in [-0.2, 0) is 14.6 Å². The van der Waals surface area contributed by atoms with Crippen molar-refractivity contribution in [3.05, 3.63) is 52.7 Å². The average Bonchev–Trinajstić information content (AvgIpc) is 3.26. The molecule has 3 aromatic rings. The lowest BCUT2D eigenvalue weighted by Crippen LogP contribution is -2.14. The molecule has 26 heavy (non-hydrogen) atoms. The second kappa shape index (κ2) is 8.11. The number of carbonyl (C=O) groups excluding carboxylic acids is 1. The first kappa shape index (κ1) is 18.8. The van der Waals surface area contributed by atoms with Crippen LogP contribution >= 0.6 is 22.7 Å². The number of hydrogen-bond acceptors (Lipinski definition) is 6. The van der Waals surface area contributed by atoms with Crippen molar-refractivity contribution in [2.24, 2.45) is 0 Å². The standard InChI is InChI=1S/C18H18N2O3S3/c1-13-6-8-14(9-7-13)26(22,23)11-3-5-17(21)20-18-19-15(12-25-18)16-4-2-10-24-16/h2,4,6-10,12H,3,5,11H2,1H3,(H,19,20,21). The van der Waals surface area contributed by atoms with Gasteiger partial charge in [0.15, 0.2) is 15.0 Å². The lowest BCUT2D eigenvalue weighted by Gasteiger charge is -2.05. The number of anilines is 1. The SMILES string of the molecule is Cc1ccc(S(=O)(=O)CCCC(=O)Nc2nc(-c3cccs3)cs2)cc1. The van der Waals surface area contributed by atoms with E-state index in [0.717, 1.165) is 16.1 Å². The molecule has 8 heteroatoms. The number of nitrogens with zero attached hydrogens (tertiary/aromatic N) is 1. The van der Waals surface area contributed by atoms with Crippen LogP contribution in [0.4, 0.5) is 5.13 Å². The summed E-state index contributed by atoms with van der Waals surface area (Å²) >= 11 is 2.95. The van der Waals surface area contributed by atoms with E-state index in [0.29, 0.717) is 10.0 Å². The molecule has 0 aliphatic rings. The second-order valence-corrected chi connectivity index (χ2v) is 9.71. The molecule has 0 radical (unpaired) electrons. The van der Waals surface area contributed by atoms with Crippen molar-refractivity contribution < 1.29 is 13.2 Å². The fourth-order valence-electron chi connectivity index (χ4n) is 2.34. The predicted molar refractivity (Wildman–Crippen MR) is 107 cm³/mol. The number of hydrogen-bond donors (Lipinski definition) is 1. The van der Waals surface area contributed by atoms with Crippen molar-refractivity contribution in [1.29, 1.82) is 0 Å². The monoisotopic (exact) mass is 406 g/mol. The highest BCUT2D eigenvalue weighted by Gasteiger charge is 2.15. The third-order valence-corrected chi connectivity index (χ3v) is 7.19. The predicted octanol–water partition coefficient (Wildman–Crippen LogP) is 4.37. The highest BCUT2D eigenvalue weighted by Crippen LogP contribution is 2.28. The smallest absolute Gasteiger partial charge is 0.226 e. The van der Waals surface area contributed by atoms with Crippen LogP contribution in [0, 0.1) is 6.92 Å². The molecule has 0 unspecified atom stereocenters. The molecule has 5 nitrogen and oxygen atoms in total. The summed E-state index contributed by atoms with van der Waals surface area (Å²) in [6.45, 7) is 1.91. The Morgan fingerprint density at radius 2 is 1.92 bits per heavy atom. The molecule has 1 amide bonds. The van der Waals surface area contributed by atoms with E-state index in [4.69, 9.17) is 0 Å². The number of thiazole rings is 1. The summed E-state index contributed by atoms with van der Waals surface area (Å²) in [6.07, 6.45) is 0.407. The summed E-state index contributed by atoms with van der Waals surface area (Å²) in [5.74, 6) is -0.280. The van der Waals surface area contributed by atoms with Gasteiger partial charge in [0.05, 0.1) is 21.2 Å². The molecule has 0 bridgehead atoms. The maximum Gasteiger partial charge on any atom is 0.226 e. The van der Waals surface area contributed by atoms with E-state index in [1.54, 1.807) is 35.6 Å². The summed E-state index contributed by atoms with van der Waals surface area (Å²) in [6, 6.07) is 10.7. The van der Waals surface area contributed by atoms with Gasteiger partial charge in [0.2, 0.25) is 5.91 Å². The maximum absolute atomic E-state index is 12.3. The van der Waals surface area contributed by atoms with Gasteiger partial charge in [-0.3, -0.25) is 4.79 Å². The first-order chi connectivity index (χ1) is 12.4. The molecule has 0 saturated carbocycles. The van der Waals surface area contributed by atoms with E-state index in [9.17, 15) is 13.2 Å². The van der Waals surface area contributed by atoms with E-state index < -0.39 is 9.84 Å². The molecule has 0 aliphatic carbocycles. The van der Waals surface area contributed by atoms with E-state index in [1.807, 2.05) is 29.8 Å². The van der Waals surface area contributed by atoms with Crippen LogP contribution in [-0.4, -0.2) is 25.1 Å². The zero-order chi connectivity index (χ0) is 18.6. The maximum atomic E-state index is 12.3. The van der Waals surface area contributed by atoms with Gasteiger partial charge >= 0.3 is 0 Å². The zero-order valence-electron chi connectivity index (χ0n) is 14.1. The van der Waals surface area contributed by atoms with Gasteiger partial charge < -0.3 is 5.32 Å². The van der Waals surface area contributed by atoms with Crippen LogP contribution in [0.5, 0.6) is 0 Å². The van der Waals surface area contributed by atoms with E-state index >= 15 is 0 Å². The Morgan fingerprint density at radius 1 is 1.15 bits per heavy atom. The lowest BCUT2D eigenvalue weighted by atomic mass is 10.2. The van der Waals surface area contributed by atoms with Crippen LogP contribution in [0.25, 0.3) is 10.6 Å². The van der Waals surface area contributed by atoms with Crippen LogP contribution in [0.3, 0.4) is 0 Å². The van der Waals surface area contributed by atoms with Crippen molar-refractivity contribution >= 4 is 43.5 Å². The Hall–Kier alpha value is -2.03.